The lowest BCUT2D eigenvalue weighted by atomic mass is 9.97. The maximum Gasteiger partial charge on any atom is 0.389 e. The molecule has 4 aromatic carbocycles. The Morgan fingerprint density at radius 3 is 1.70 bits per heavy atom. The maximum absolute atomic E-state index is 15.0. The minimum Gasteiger partial charge on any atom is -0.346 e. The zero-order valence-electron chi connectivity index (χ0n) is 23.7. The number of rotatable bonds is 10. The Balaban J connectivity index is 1.24. The minimum atomic E-state index is -4.41. The number of hydrogen-bond acceptors (Lipinski definition) is 3. The van der Waals surface area contributed by atoms with Crippen molar-refractivity contribution >= 4 is 0 Å². The Bertz CT molecular complexity index is 1540. The van der Waals surface area contributed by atoms with E-state index in [0.717, 1.165) is 42.5 Å². The third-order valence-electron chi connectivity index (χ3n) is 7.37. The molecular formula is C34H29F7O3. The van der Waals surface area contributed by atoms with Crippen molar-refractivity contribution in [1.82, 2.24) is 0 Å². The SMILES string of the molecule is CCCCCc1ccc(-c2ccc(-c3cc(F)c(C(F)(F)OC4COC(c5cc(F)c(F)c(F)c5)OC4)c(F)c3)cc2)cc1. The molecule has 44 heavy (non-hydrogen) atoms. The topological polar surface area (TPSA) is 27.7 Å². The van der Waals surface area contributed by atoms with Crippen molar-refractivity contribution in [3.63, 3.8) is 0 Å². The Morgan fingerprint density at radius 2 is 1.18 bits per heavy atom. The van der Waals surface area contributed by atoms with E-state index in [1.54, 1.807) is 24.3 Å². The van der Waals surface area contributed by atoms with Gasteiger partial charge in [0.15, 0.2) is 23.7 Å². The van der Waals surface area contributed by atoms with E-state index in [1.807, 2.05) is 12.1 Å². The van der Waals surface area contributed by atoms with Gasteiger partial charge in [0.1, 0.15) is 23.3 Å². The number of aryl methyl sites for hydroxylation is 1. The molecule has 0 unspecified atom stereocenters. The highest BCUT2D eigenvalue weighted by Crippen LogP contribution is 2.38. The fourth-order valence-corrected chi connectivity index (χ4v) is 5.04. The zero-order valence-corrected chi connectivity index (χ0v) is 23.7. The van der Waals surface area contributed by atoms with Crippen LogP contribution in [0.5, 0.6) is 0 Å². The first-order chi connectivity index (χ1) is 21.1. The van der Waals surface area contributed by atoms with E-state index in [9.17, 15) is 30.7 Å². The van der Waals surface area contributed by atoms with Crippen LogP contribution in [0.1, 0.15) is 49.2 Å². The highest BCUT2D eigenvalue weighted by molar-refractivity contribution is 5.71. The second-order valence-electron chi connectivity index (χ2n) is 10.6. The molecule has 0 amide bonds. The lowest BCUT2D eigenvalue weighted by Crippen LogP contribution is -2.38. The van der Waals surface area contributed by atoms with E-state index in [1.165, 1.54) is 12.0 Å². The fourth-order valence-electron chi connectivity index (χ4n) is 5.04. The van der Waals surface area contributed by atoms with Crippen molar-refractivity contribution in [2.45, 2.75) is 51.1 Å². The molecule has 0 N–H and O–H groups in total. The quantitative estimate of drug-likeness (QED) is 0.101. The van der Waals surface area contributed by atoms with Gasteiger partial charge in [-0.2, -0.15) is 8.78 Å². The summed E-state index contributed by atoms with van der Waals surface area (Å²) in [5, 5.41) is 0. The summed E-state index contributed by atoms with van der Waals surface area (Å²) >= 11 is 0. The van der Waals surface area contributed by atoms with E-state index in [4.69, 9.17) is 9.47 Å². The molecule has 1 aliphatic rings. The van der Waals surface area contributed by atoms with Gasteiger partial charge in [0.2, 0.25) is 0 Å². The van der Waals surface area contributed by atoms with E-state index in [-0.39, 0.29) is 11.1 Å². The molecule has 232 valence electrons. The first-order valence-corrected chi connectivity index (χ1v) is 14.2. The summed E-state index contributed by atoms with van der Waals surface area (Å²) in [6.07, 6.45) is -2.81. The van der Waals surface area contributed by atoms with Crippen LogP contribution >= 0.6 is 0 Å². The number of ether oxygens (including phenoxy) is 3. The van der Waals surface area contributed by atoms with Gasteiger partial charge in [-0.05, 0) is 64.9 Å². The Hall–Kier alpha value is -3.73. The molecule has 5 rings (SSSR count). The van der Waals surface area contributed by atoms with Crippen molar-refractivity contribution in [3.8, 4) is 22.3 Å². The molecule has 10 heteroatoms. The summed E-state index contributed by atoms with van der Waals surface area (Å²) in [6.45, 7) is 1.04. The van der Waals surface area contributed by atoms with Crippen LogP contribution in [-0.2, 0) is 26.7 Å². The first-order valence-electron chi connectivity index (χ1n) is 14.2. The normalized spacial score (nSPS) is 17.2. The average Bonchev–Trinajstić information content (AvgIpc) is 3.00. The molecule has 0 spiro atoms. The zero-order chi connectivity index (χ0) is 31.4. The Kier molecular flexibility index (Phi) is 9.72. The summed E-state index contributed by atoms with van der Waals surface area (Å²) in [6, 6.07) is 17.9. The number of halogens is 7. The second kappa shape index (κ2) is 13.5. The van der Waals surface area contributed by atoms with Crippen molar-refractivity contribution < 1.29 is 44.9 Å². The monoisotopic (exact) mass is 618 g/mol. The Morgan fingerprint density at radius 1 is 0.682 bits per heavy atom. The molecule has 0 radical (unpaired) electrons. The van der Waals surface area contributed by atoms with Gasteiger partial charge in [-0.15, -0.1) is 0 Å². The van der Waals surface area contributed by atoms with Crippen molar-refractivity contribution in [2.75, 3.05) is 13.2 Å². The van der Waals surface area contributed by atoms with Gasteiger partial charge in [0.25, 0.3) is 0 Å². The van der Waals surface area contributed by atoms with Gasteiger partial charge in [0, 0.05) is 5.56 Å². The summed E-state index contributed by atoms with van der Waals surface area (Å²) in [4.78, 5) is 0. The Labute approximate surface area is 250 Å². The number of benzene rings is 4. The molecule has 1 aliphatic heterocycles. The molecule has 1 saturated heterocycles. The van der Waals surface area contributed by atoms with Crippen LogP contribution in [0, 0.1) is 29.1 Å². The lowest BCUT2D eigenvalue weighted by Gasteiger charge is -2.32. The fraction of sp³-hybridized carbons (Fsp3) is 0.294. The number of alkyl halides is 2. The summed E-state index contributed by atoms with van der Waals surface area (Å²) in [5.74, 6) is -7.67. The van der Waals surface area contributed by atoms with Crippen LogP contribution in [-0.4, -0.2) is 19.3 Å². The molecule has 0 bridgehead atoms. The van der Waals surface area contributed by atoms with E-state index in [0.29, 0.717) is 17.7 Å². The van der Waals surface area contributed by atoms with Gasteiger partial charge < -0.3 is 14.2 Å². The third-order valence-corrected chi connectivity index (χ3v) is 7.37. The standard InChI is InChI=1S/C34H29F7O3/c1-2-3-4-5-20-6-8-21(9-7-20)22-10-12-23(13-11-22)24-14-27(35)31(28(36)15-24)34(40,41)44-26-18-42-33(43-19-26)25-16-29(37)32(39)30(38)17-25/h6-17,26,33H,2-5,18-19H2,1H3. The molecule has 1 fully saturated rings. The largest absolute Gasteiger partial charge is 0.389 e. The van der Waals surface area contributed by atoms with Crippen molar-refractivity contribution in [2.24, 2.45) is 0 Å². The van der Waals surface area contributed by atoms with Crippen molar-refractivity contribution in [1.29, 1.82) is 0 Å². The third kappa shape index (κ3) is 7.14. The number of hydrogen-bond donors (Lipinski definition) is 0. The molecule has 1 heterocycles. The highest BCUT2D eigenvalue weighted by Gasteiger charge is 2.43. The highest BCUT2D eigenvalue weighted by atomic mass is 19.3. The van der Waals surface area contributed by atoms with Gasteiger partial charge in [0.05, 0.1) is 13.2 Å². The van der Waals surface area contributed by atoms with Gasteiger partial charge in [-0.3, -0.25) is 0 Å². The van der Waals surface area contributed by atoms with Gasteiger partial charge >= 0.3 is 6.11 Å². The predicted molar refractivity (Wildman–Crippen MR) is 150 cm³/mol. The van der Waals surface area contributed by atoms with Crippen LogP contribution in [0.3, 0.4) is 0 Å². The summed E-state index contributed by atoms with van der Waals surface area (Å²) in [7, 11) is 0. The van der Waals surface area contributed by atoms with Crippen LogP contribution in [0.15, 0.2) is 72.8 Å². The average molecular weight is 619 g/mol. The van der Waals surface area contributed by atoms with Crippen molar-refractivity contribution in [3.05, 3.63) is 119 Å². The molecular weight excluding hydrogens is 589 g/mol. The lowest BCUT2D eigenvalue weighted by molar-refractivity contribution is -0.322. The molecule has 0 atom stereocenters. The van der Waals surface area contributed by atoms with E-state index < -0.39 is 66.4 Å². The van der Waals surface area contributed by atoms with Crippen LogP contribution in [0.25, 0.3) is 22.3 Å². The summed E-state index contributed by atoms with van der Waals surface area (Å²) in [5.41, 5.74) is 1.79. The smallest absolute Gasteiger partial charge is 0.346 e. The molecule has 0 aliphatic carbocycles. The van der Waals surface area contributed by atoms with Crippen LogP contribution in [0.2, 0.25) is 0 Å². The first kappa shape index (κ1) is 31.7. The molecule has 0 aromatic heterocycles. The van der Waals surface area contributed by atoms with E-state index >= 15 is 0 Å². The predicted octanol–water partition coefficient (Wildman–Crippen LogP) is 9.63. The number of unbranched alkanes of at least 4 members (excludes halogenated alkanes) is 2. The van der Waals surface area contributed by atoms with Crippen LogP contribution in [0.4, 0.5) is 30.7 Å². The molecule has 3 nitrogen and oxygen atoms in total. The summed E-state index contributed by atoms with van der Waals surface area (Å²) < 4.78 is 115. The maximum atomic E-state index is 15.0. The second-order valence-corrected chi connectivity index (χ2v) is 10.6. The van der Waals surface area contributed by atoms with Gasteiger partial charge in [-0.25, -0.2) is 22.0 Å². The minimum absolute atomic E-state index is 0.0586. The molecule has 0 saturated carbocycles. The van der Waals surface area contributed by atoms with Gasteiger partial charge in [-0.1, -0.05) is 68.3 Å². The van der Waals surface area contributed by atoms with E-state index in [2.05, 4.69) is 23.8 Å². The molecule has 4 aromatic rings. The van der Waals surface area contributed by atoms with Crippen LogP contribution < -0.4 is 0 Å².